The molecule has 0 atom stereocenters. The molecule has 0 aromatic heterocycles. The van der Waals surface area contributed by atoms with Gasteiger partial charge in [-0.05, 0) is 24.3 Å². The van der Waals surface area contributed by atoms with Crippen LogP contribution >= 0.6 is 7.60 Å². The Morgan fingerprint density at radius 3 is 2.06 bits per heavy atom. The zero-order valence-corrected chi connectivity index (χ0v) is 9.26. The fraction of sp³-hybridized carbons (Fsp3) is 0. The van der Waals surface area contributed by atoms with Crippen molar-refractivity contribution in [1.82, 2.24) is 0 Å². The van der Waals surface area contributed by atoms with E-state index in [-0.39, 0.29) is 0 Å². The molecule has 0 fully saturated rings. The van der Waals surface area contributed by atoms with Crippen LogP contribution in [0.1, 0.15) is 0 Å². The van der Waals surface area contributed by atoms with Crippen LogP contribution in [-0.2, 0) is 4.57 Å². The van der Waals surface area contributed by atoms with Crippen LogP contribution in [0.3, 0.4) is 0 Å². The van der Waals surface area contributed by atoms with Crippen LogP contribution in [0.25, 0.3) is 0 Å². The summed E-state index contributed by atoms with van der Waals surface area (Å²) in [6, 6.07) is 16.0. The Kier molecular flexibility index (Phi) is 2.01. The quantitative estimate of drug-likeness (QED) is 0.709. The third-order valence-corrected chi connectivity index (χ3v) is 4.16. The maximum Gasteiger partial charge on any atom is 0.462 e. The molecule has 0 aliphatic carbocycles. The summed E-state index contributed by atoms with van der Waals surface area (Å²) in [5.41, 5.74) is 0. The van der Waals surface area contributed by atoms with Crippen LogP contribution in [-0.4, -0.2) is 0 Å². The van der Waals surface area contributed by atoms with Gasteiger partial charge in [0.2, 0.25) is 0 Å². The van der Waals surface area contributed by atoms with Gasteiger partial charge in [0.15, 0.2) is 0 Å². The van der Waals surface area contributed by atoms with Crippen molar-refractivity contribution in [2.45, 2.75) is 0 Å². The number of fused-ring (bicyclic) bond motifs is 2. The van der Waals surface area contributed by atoms with Gasteiger partial charge in [-0.15, -0.1) is 0 Å². The van der Waals surface area contributed by atoms with E-state index in [1.807, 2.05) is 18.2 Å². The average molecular weight is 232 g/mol. The molecule has 80 valence electrons. The molecule has 0 spiro atoms. The first-order valence-corrected chi connectivity index (χ1v) is 6.45. The van der Waals surface area contributed by atoms with Gasteiger partial charge in [0, 0.05) is 6.07 Å². The van der Waals surface area contributed by atoms with E-state index in [1.165, 1.54) is 0 Å². The number of hydrogen-bond donors (Lipinski definition) is 0. The first kappa shape index (κ1) is 9.49. The molecule has 0 amide bonds. The summed E-state index contributed by atoms with van der Waals surface area (Å²) in [6.45, 7) is 0. The topological polar surface area (TPSA) is 35.5 Å². The number of benzene rings is 2. The lowest BCUT2D eigenvalue weighted by Gasteiger charge is -2.24. The summed E-state index contributed by atoms with van der Waals surface area (Å²) >= 11 is 0. The molecule has 2 aromatic rings. The minimum Gasteiger partial charge on any atom is -0.413 e. The van der Waals surface area contributed by atoms with Gasteiger partial charge in [0.25, 0.3) is 0 Å². The maximum atomic E-state index is 12.5. The second kappa shape index (κ2) is 3.39. The van der Waals surface area contributed by atoms with E-state index in [1.54, 1.807) is 36.4 Å². The molecule has 3 rings (SSSR count). The van der Waals surface area contributed by atoms with Crippen LogP contribution in [0.5, 0.6) is 11.5 Å². The molecule has 16 heavy (non-hydrogen) atoms. The SMILES string of the molecule is O=P1(c2ccccc2)Oc2cccc(c2)O1. The second-order valence-corrected chi connectivity index (χ2v) is 5.37. The van der Waals surface area contributed by atoms with Gasteiger partial charge < -0.3 is 9.05 Å². The van der Waals surface area contributed by atoms with Gasteiger partial charge in [0.1, 0.15) is 11.5 Å². The summed E-state index contributed by atoms with van der Waals surface area (Å²) in [5.74, 6) is 1.16. The van der Waals surface area contributed by atoms with Crippen molar-refractivity contribution in [3.63, 3.8) is 0 Å². The third-order valence-electron chi connectivity index (χ3n) is 2.33. The highest BCUT2D eigenvalue weighted by Crippen LogP contribution is 2.51. The fourth-order valence-corrected chi connectivity index (χ4v) is 3.17. The van der Waals surface area contributed by atoms with Gasteiger partial charge in [-0.2, -0.15) is 0 Å². The summed E-state index contributed by atoms with van der Waals surface area (Å²) in [5, 5.41) is 0.571. The molecule has 1 heterocycles. The molecule has 0 saturated heterocycles. The molecule has 1 aliphatic heterocycles. The van der Waals surface area contributed by atoms with Crippen LogP contribution in [0.4, 0.5) is 0 Å². The molecule has 3 nitrogen and oxygen atoms in total. The van der Waals surface area contributed by atoms with Gasteiger partial charge in [-0.1, -0.05) is 24.3 Å². The molecule has 0 unspecified atom stereocenters. The van der Waals surface area contributed by atoms with Crippen LogP contribution < -0.4 is 14.4 Å². The molecule has 0 saturated carbocycles. The van der Waals surface area contributed by atoms with Gasteiger partial charge in [-0.3, -0.25) is 0 Å². The molecular weight excluding hydrogens is 223 g/mol. The van der Waals surface area contributed by atoms with E-state index in [0.29, 0.717) is 16.8 Å². The van der Waals surface area contributed by atoms with Crippen LogP contribution in [0.15, 0.2) is 54.6 Å². The van der Waals surface area contributed by atoms with E-state index < -0.39 is 7.60 Å². The van der Waals surface area contributed by atoms with Crippen molar-refractivity contribution >= 4 is 12.9 Å². The first-order valence-electron chi connectivity index (χ1n) is 4.91. The molecular formula is C12H9O3P. The fourth-order valence-electron chi connectivity index (χ4n) is 1.60. The predicted octanol–water partition coefficient (Wildman–Crippen LogP) is 2.98. The Bertz CT molecular complexity index is 540. The highest BCUT2D eigenvalue weighted by Gasteiger charge is 2.33. The van der Waals surface area contributed by atoms with Crippen molar-refractivity contribution in [3.05, 3.63) is 54.6 Å². The molecule has 1 aliphatic rings. The molecule has 2 bridgehead atoms. The van der Waals surface area contributed by atoms with Gasteiger partial charge in [0.05, 0.1) is 5.30 Å². The van der Waals surface area contributed by atoms with E-state index in [0.717, 1.165) is 0 Å². The Labute approximate surface area is 93.2 Å². The number of rotatable bonds is 1. The Morgan fingerprint density at radius 1 is 0.812 bits per heavy atom. The number of hydrogen-bond acceptors (Lipinski definition) is 3. The summed E-state index contributed by atoms with van der Waals surface area (Å²) in [6.07, 6.45) is 0. The van der Waals surface area contributed by atoms with Crippen molar-refractivity contribution in [1.29, 1.82) is 0 Å². The molecule has 2 aromatic carbocycles. The monoisotopic (exact) mass is 232 g/mol. The van der Waals surface area contributed by atoms with Crippen LogP contribution in [0.2, 0.25) is 0 Å². The van der Waals surface area contributed by atoms with E-state index in [9.17, 15) is 4.57 Å². The lowest BCUT2D eigenvalue weighted by Crippen LogP contribution is -2.16. The van der Waals surface area contributed by atoms with Crippen molar-refractivity contribution < 1.29 is 13.6 Å². The lowest BCUT2D eigenvalue weighted by molar-refractivity contribution is 0.384. The van der Waals surface area contributed by atoms with Crippen molar-refractivity contribution in [2.24, 2.45) is 0 Å². The smallest absolute Gasteiger partial charge is 0.413 e. The zero-order valence-electron chi connectivity index (χ0n) is 8.37. The van der Waals surface area contributed by atoms with Crippen LogP contribution in [0, 0.1) is 0 Å². The molecule has 0 N–H and O–H groups in total. The van der Waals surface area contributed by atoms with Gasteiger partial charge in [-0.25, -0.2) is 4.57 Å². The standard InChI is InChI=1S/C12H9O3P/c13-16(12-7-2-1-3-8-12)14-10-5-4-6-11(9-10)15-16/h1-9H. The average Bonchev–Trinajstić information content (AvgIpc) is 2.29. The van der Waals surface area contributed by atoms with E-state index in [2.05, 4.69) is 0 Å². The minimum absolute atomic E-state index is 0.571. The van der Waals surface area contributed by atoms with Crippen molar-refractivity contribution in [2.75, 3.05) is 0 Å². The van der Waals surface area contributed by atoms with Crippen molar-refractivity contribution in [3.8, 4) is 11.5 Å². The summed E-state index contributed by atoms with van der Waals surface area (Å²) in [7, 11) is -3.23. The summed E-state index contributed by atoms with van der Waals surface area (Å²) < 4.78 is 23.3. The summed E-state index contributed by atoms with van der Waals surface area (Å²) in [4.78, 5) is 0. The predicted molar refractivity (Wildman–Crippen MR) is 61.4 cm³/mol. The zero-order chi connectivity index (χ0) is 11.0. The first-order chi connectivity index (χ1) is 7.76. The third kappa shape index (κ3) is 1.50. The second-order valence-electron chi connectivity index (χ2n) is 3.49. The normalized spacial score (nSPS) is 16.0. The Morgan fingerprint density at radius 2 is 1.44 bits per heavy atom. The highest BCUT2D eigenvalue weighted by molar-refractivity contribution is 7.63. The Hall–Kier alpha value is -1.73. The van der Waals surface area contributed by atoms with E-state index >= 15 is 0 Å². The van der Waals surface area contributed by atoms with Gasteiger partial charge >= 0.3 is 7.60 Å². The minimum atomic E-state index is -3.23. The molecule has 0 radical (unpaired) electrons. The Balaban J connectivity index is 2.07. The lowest BCUT2D eigenvalue weighted by atomic mass is 10.3. The maximum absolute atomic E-state index is 12.5. The largest absolute Gasteiger partial charge is 0.462 e. The molecule has 4 heteroatoms. The van der Waals surface area contributed by atoms with E-state index in [4.69, 9.17) is 9.05 Å². The highest BCUT2D eigenvalue weighted by atomic mass is 31.2.